The summed E-state index contributed by atoms with van der Waals surface area (Å²) in [6.45, 7) is 6.03. The molecule has 0 bridgehead atoms. The number of hydrogen-bond acceptors (Lipinski definition) is 4. The average molecular weight is 416 g/mol. The Labute approximate surface area is 183 Å². The molecular weight excluding hydrogens is 386 g/mol. The number of nitrogens with zero attached hydrogens (tertiary/aromatic N) is 5. The molecule has 0 aliphatic heterocycles. The van der Waals surface area contributed by atoms with Crippen LogP contribution in [0.5, 0.6) is 11.5 Å². The molecule has 6 heteroatoms. The maximum absolute atomic E-state index is 5.93. The molecule has 160 valence electrons. The third-order valence-corrected chi connectivity index (χ3v) is 5.38. The topological polar surface area (TPSA) is 48.1 Å². The largest absolute Gasteiger partial charge is 0.457 e. The highest BCUT2D eigenvalue weighted by atomic mass is 16.5. The Balaban J connectivity index is 1.54. The lowest BCUT2D eigenvalue weighted by Crippen LogP contribution is -2.31. The smallest absolute Gasteiger partial charge is 0.127 e. The van der Waals surface area contributed by atoms with Crippen molar-refractivity contribution in [2.75, 3.05) is 0 Å². The highest BCUT2D eigenvalue weighted by Gasteiger charge is 2.18. The van der Waals surface area contributed by atoms with Gasteiger partial charge < -0.3 is 9.30 Å². The van der Waals surface area contributed by atoms with Crippen molar-refractivity contribution in [1.29, 1.82) is 0 Å². The van der Waals surface area contributed by atoms with Crippen LogP contribution in [0.1, 0.15) is 25.2 Å². The molecule has 0 radical (unpaired) electrons. The quantitative estimate of drug-likeness (QED) is 0.405. The third-order valence-electron chi connectivity index (χ3n) is 5.38. The van der Waals surface area contributed by atoms with Crippen LogP contribution in [0.15, 0.2) is 73.2 Å². The highest BCUT2D eigenvalue weighted by molar-refractivity contribution is 5.63. The van der Waals surface area contributed by atoms with Crippen molar-refractivity contribution in [2.24, 2.45) is 14.1 Å². The number of benzene rings is 2. The Hall–Kier alpha value is -3.38. The van der Waals surface area contributed by atoms with E-state index in [0.29, 0.717) is 6.04 Å². The van der Waals surface area contributed by atoms with Crippen molar-refractivity contribution in [3.05, 3.63) is 84.6 Å². The lowest BCUT2D eigenvalue weighted by Gasteiger charge is -2.26. The Morgan fingerprint density at radius 3 is 2.29 bits per heavy atom. The fourth-order valence-electron chi connectivity index (χ4n) is 3.57. The van der Waals surface area contributed by atoms with Gasteiger partial charge in [0, 0.05) is 56.4 Å². The first-order valence-electron chi connectivity index (χ1n) is 10.6. The van der Waals surface area contributed by atoms with Crippen molar-refractivity contribution in [1.82, 2.24) is 24.2 Å². The second-order valence-electron chi connectivity index (χ2n) is 8.07. The average Bonchev–Trinajstić information content (AvgIpc) is 3.33. The monoisotopic (exact) mass is 415 g/mol. The minimum Gasteiger partial charge on any atom is -0.457 e. The van der Waals surface area contributed by atoms with Crippen LogP contribution in [-0.4, -0.2) is 30.3 Å². The zero-order chi connectivity index (χ0) is 21.8. The van der Waals surface area contributed by atoms with Crippen molar-refractivity contribution >= 4 is 0 Å². The molecular formula is C25H29N5O. The van der Waals surface area contributed by atoms with E-state index in [1.165, 1.54) is 5.56 Å². The van der Waals surface area contributed by atoms with E-state index < -0.39 is 0 Å². The van der Waals surface area contributed by atoms with Gasteiger partial charge in [-0.25, -0.2) is 4.98 Å². The van der Waals surface area contributed by atoms with E-state index in [1.807, 2.05) is 73.6 Å². The second kappa shape index (κ2) is 9.18. The first kappa shape index (κ1) is 20.9. The molecule has 0 spiro atoms. The van der Waals surface area contributed by atoms with Crippen LogP contribution < -0.4 is 4.74 Å². The summed E-state index contributed by atoms with van der Waals surface area (Å²) in [7, 11) is 4.01. The lowest BCUT2D eigenvalue weighted by molar-refractivity contribution is 0.197. The minimum atomic E-state index is 0.381. The van der Waals surface area contributed by atoms with E-state index in [2.05, 4.69) is 46.6 Å². The number of imidazole rings is 1. The fourth-order valence-corrected chi connectivity index (χ4v) is 3.57. The summed E-state index contributed by atoms with van der Waals surface area (Å²) in [5.74, 6) is 2.70. The van der Waals surface area contributed by atoms with E-state index in [0.717, 1.165) is 41.7 Å². The van der Waals surface area contributed by atoms with Gasteiger partial charge in [-0.1, -0.05) is 18.2 Å². The molecule has 4 aromatic rings. The highest BCUT2D eigenvalue weighted by Crippen LogP contribution is 2.28. The van der Waals surface area contributed by atoms with Crippen LogP contribution in [0.3, 0.4) is 0 Å². The summed E-state index contributed by atoms with van der Waals surface area (Å²) < 4.78 is 9.89. The normalized spacial score (nSPS) is 11.4. The molecule has 0 saturated carbocycles. The van der Waals surface area contributed by atoms with Crippen LogP contribution in [0.25, 0.3) is 11.3 Å². The van der Waals surface area contributed by atoms with Gasteiger partial charge in [0.1, 0.15) is 17.3 Å². The summed E-state index contributed by atoms with van der Waals surface area (Å²) in [5.41, 5.74) is 3.28. The number of aryl methyl sites for hydroxylation is 2. The third kappa shape index (κ3) is 5.03. The van der Waals surface area contributed by atoms with E-state index in [-0.39, 0.29) is 0 Å². The lowest BCUT2D eigenvalue weighted by atomic mass is 10.1. The van der Waals surface area contributed by atoms with Crippen LogP contribution >= 0.6 is 0 Å². The maximum Gasteiger partial charge on any atom is 0.127 e. The molecule has 2 aromatic carbocycles. The molecule has 2 heterocycles. The first-order valence-corrected chi connectivity index (χ1v) is 10.6. The Bertz CT molecular complexity index is 1110. The molecule has 0 saturated heterocycles. The predicted molar refractivity (Wildman–Crippen MR) is 123 cm³/mol. The summed E-state index contributed by atoms with van der Waals surface area (Å²) in [4.78, 5) is 6.91. The van der Waals surface area contributed by atoms with E-state index >= 15 is 0 Å². The van der Waals surface area contributed by atoms with E-state index in [4.69, 9.17) is 9.84 Å². The van der Waals surface area contributed by atoms with E-state index in [1.54, 1.807) is 0 Å². The van der Waals surface area contributed by atoms with Crippen molar-refractivity contribution in [3.8, 4) is 22.8 Å². The minimum absolute atomic E-state index is 0.381. The summed E-state index contributed by atoms with van der Waals surface area (Å²) >= 11 is 0. The van der Waals surface area contributed by atoms with Gasteiger partial charge in [-0.2, -0.15) is 5.10 Å². The van der Waals surface area contributed by atoms with Crippen LogP contribution in [-0.2, 0) is 27.2 Å². The summed E-state index contributed by atoms with van der Waals surface area (Å²) in [6, 6.07) is 18.3. The molecule has 0 aliphatic carbocycles. The van der Waals surface area contributed by atoms with Crippen molar-refractivity contribution in [3.63, 3.8) is 0 Å². The van der Waals surface area contributed by atoms with Crippen molar-refractivity contribution in [2.45, 2.75) is 33.0 Å². The first-order chi connectivity index (χ1) is 15.0. The zero-order valence-electron chi connectivity index (χ0n) is 18.6. The SMILES string of the molecule is CC(C)N(Cc1cn(C)nc1-c1ccc(Oc2ccccc2)cc1)Cc1nccn1C. The van der Waals surface area contributed by atoms with Gasteiger partial charge in [-0.05, 0) is 50.2 Å². The summed E-state index contributed by atoms with van der Waals surface area (Å²) in [5, 5.41) is 4.75. The Kier molecular flexibility index (Phi) is 6.18. The van der Waals surface area contributed by atoms with Gasteiger partial charge in [0.05, 0.1) is 12.2 Å². The van der Waals surface area contributed by atoms with Crippen molar-refractivity contribution < 1.29 is 4.74 Å². The Morgan fingerprint density at radius 2 is 1.65 bits per heavy atom. The standard InChI is InChI=1S/C25H29N5O/c1-19(2)30(18-24-26-14-15-28(24)3)17-21-16-29(4)27-25(21)20-10-12-23(13-11-20)31-22-8-6-5-7-9-22/h5-16,19H,17-18H2,1-4H3. The number of rotatable bonds is 8. The Morgan fingerprint density at radius 1 is 0.935 bits per heavy atom. The molecule has 6 nitrogen and oxygen atoms in total. The molecule has 31 heavy (non-hydrogen) atoms. The fraction of sp³-hybridized carbons (Fsp3) is 0.280. The molecule has 0 N–H and O–H groups in total. The predicted octanol–water partition coefficient (Wildman–Crippen LogP) is 5.02. The van der Waals surface area contributed by atoms with Gasteiger partial charge >= 0.3 is 0 Å². The van der Waals surface area contributed by atoms with Crippen LogP contribution in [0.4, 0.5) is 0 Å². The van der Waals surface area contributed by atoms with Gasteiger partial charge in [-0.15, -0.1) is 0 Å². The number of hydrogen-bond donors (Lipinski definition) is 0. The summed E-state index contributed by atoms with van der Waals surface area (Å²) in [6.07, 6.45) is 5.95. The molecule has 0 aliphatic rings. The number of ether oxygens (including phenoxy) is 1. The second-order valence-corrected chi connectivity index (χ2v) is 8.07. The van der Waals surface area contributed by atoms with Gasteiger partial charge in [0.2, 0.25) is 0 Å². The van der Waals surface area contributed by atoms with E-state index in [9.17, 15) is 0 Å². The van der Waals surface area contributed by atoms with Gasteiger partial charge in [0.25, 0.3) is 0 Å². The number of aromatic nitrogens is 4. The molecule has 0 amide bonds. The van der Waals surface area contributed by atoms with Crippen LogP contribution in [0, 0.1) is 0 Å². The van der Waals surface area contributed by atoms with Gasteiger partial charge in [-0.3, -0.25) is 9.58 Å². The molecule has 4 rings (SSSR count). The molecule has 0 atom stereocenters. The molecule has 0 unspecified atom stereocenters. The van der Waals surface area contributed by atoms with Gasteiger partial charge in [0.15, 0.2) is 0 Å². The van der Waals surface area contributed by atoms with Crippen LogP contribution in [0.2, 0.25) is 0 Å². The molecule has 0 fully saturated rings. The molecule has 2 aromatic heterocycles. The number of para-hydroxylation sites is 1. The zero-order valence-corrected chi connectivity index (χ0v) is 18.6. The maximum atomic E-state index is 5.93.